The lowest BCUT2D eigenvalue weighted by molar-refractivity contribution is -0.117. The van der Waals surface area contributed by atoms with Crippen molar-refractivity contribution in [3.05, 3.63) is 40.9 Å². The predicted octanol–water partition coefficient (Wildman–Crippen LogP) is 2.25. The Labute approximate surface area is 133 Å². The molecule has 0 aliphatic rings. The molecule has 1 aromatic heterocycles. The van der Waals surface area contributed by atoms with E-state index in [0.29, 0.717) is 10.7 Å². The third-order valence-electron chi connectivity index (χ3n) is 2.94. The van der Waals surface area contributed by atoms with Crippen molar-refractivity contribution in [1.82, 2.24) is 15.5 Å². The van der Waals surface area contributed by atoms with Crippen LogP contribution in [0.5, 0.6) is 0 Å². The molecule has 0 spiro atoms. The highest BCUT2D eigenvalue weighted by Crippen LogP contribution is 2.16. The smallest absolute Gasteiger partial charge is 0.251 e. The van der Waals surface area contributed by atoms with Gasteiger partial charge in [-0.05, 0) is 25.5 Å². The van der Waals surface area contributed by atoms with Gasteiger partial charge in [0, 0.05) is 12.0 Å². The molecule has 1 unspecified atom stereocenters. The number of carbonyl (C=O) groups is 2. The summed E-state index contributed by atoms with van der Waals surface area (Å²) in [5.74, 6) is -0.601. The monoisotopic (exact) mass is 318 g/mol. The largest absolute Gasteiger partial charge is 0.341 e. The van der Waals surface area contributed by atoms with Crippen LogP contribution in [-0.4, -0.2) is 28.1 Å². The van der Waals surface area contributed by atoms with E-state index in [1.807, 2.05) is 6.07 Å². The third-order valence-corrected chi connectivity index (χ3v) is 3.84. The normalized spacial score (nSPS) is 11.7. The lowest BCUT2D eigenvalue weighted by Crippen LogP contribution is -2.41. The average Bonchev–Trinajstić information content (AvgIpc) is 2.95. The summed E-state index contributed by atoms with van der Waals surface area (Å²) in [4.78, 5) is 24.0. The first kappa shape index (κ1) is 16.1. The molecule has 116 valence electrons. The van der Waals surface area contributed by atoms with E-state index in [2.05, 4.69) is 27.8 Å². The predicted molar refractivity (Wildman–Crippen MR) is 85.9 cm³/mol. The van der Waals surface area contributed by atoms with Crippen LogP contribution in [0.1, 0.15) is 35.6 Å². The average molecular weight is 318 g/mol. The molecular formula is C15H18N4O2S. The fourth-order valence-corrected chi connectivity index (χ4v) is 2.61. The Kier molecular flexibility index (Phi) is 5.60. The summed E-state index contributed by atoms with van der Waals surface area (Å²) in [5.41, 5.74) is 0.517. The van der Waals surface area contributed by atoms with E-state index in [0.717, 1.165) is 17.8 Å². The van der Waals surface area contributed by atoms with Crippen molar-refractivity contribution in [2.24, 2.45) is 0 Å². The minimum Gasteiger partial charge on any atom is -0.341 e. The lowest BCUT2D eigenvalue weighted by atomic mass is 10.2. The van der Waals surface area contributed by atoms with Gasteiger partial charge in [-0.1, -0.05) is 36.5 Å². The molecule has 0 fully saturated rings. The Morgan fingerprint density at radius 3 is 2.64 bits per heavy atom. The molecule has 0 aliphatic carbocycles. The lowest BCUT2D eigenvalue weighted by Gasteiger charge is -2.12. The minimum atomic E-state index is -0.661. The van der Waals surface area contributed by atoms with Crippen LogP contribution in [0.4, 0.5) is 5.13 Å². The standard InChI is InChI=1S/C15H18N4O2S/c1-3-7-12-18-19-15(22-12)17-13(20)10(2)16-14(21)11-8-5-4-6-9-11/h4-6,8-10H,3,7H2,1-2H3,(H,16,21)(H,17,19,20). The Bertz CT molecular complexity index is 642. The fraction of sp³-hybridized carbons (Fsp3) is 0.333. The molecule has 2 rings (SSSR count). The first-order valence-electron chi connectivity index (χ1n) is 7.09. The molecule has 1 atom stereocenters. The van der Waals surface area contributed by atoms with Crippen LogP contribution in [0.25, 0.3) is 0 Å². The third kappa shape index (κ3) is 4.36. The summed E-state index contributed by atoms with van der Waals surface area (Å²) in [7, 11) is 0. The number of rotatable bonds is 6. The van der Waals surface area contributed by atoms with Crippen LogP contribution in [-0.2, 0) is 11.2 Å². The van der Waals surface area contributed by atoms with Gasteiger partial charge in [0.05, 0.1) is 0 Å². The molecule has 2 aromatic rings. The van der Waals surface area contributed by atoms with E-state index in [1.165, 1.54) is 11.3 Å². The van der Waals surface area contributed by atoms with Crippen molar-refractivity contribution < 1.29 is 9.59 Å². The summed E-state index contributed by atoms with van der Waals surface area (Å²) in [5, 5.41) is 14.6. The summed E-state index contributed by atoms with van der Waals surface area (Å²) >= 11 is 1.35. The molecular weight excluding hydrogens is 300 g/mol. The molecule has 22 heavy (non-hydrogen) atoms. The number of nitrogens with one attached hydrogen (secondary N) is 2. The van der Waals surface area contributed by atoms with E-state index in [9.17, 15) is 9.59 Å². The van der Waals surface area contributed by atoms with E-state index in [1.54, 1.807) is 31.2 Å². The zero-order valence-electron chi connectivity index (χ0n) is 12.5. The summed E-state index contributed by atoms with van der Waals surface area (Å²) in [6, 6.07) is 8.11. The Balaban J connectivity index is 1.90. The van der Waals surface area contributed by atoms with Crippen molar-refractivity contribution in [2.45, 2.75) is 32.7 Å². The zero-order chi connectivity index (χ0) is 15.9. The molecule has 0 bridgehead atoms. The number of anilines is 1. The summed E-state index contributed by atoms with van der Waals surface area (Å²) in [6.07, 6.45) is 1.82. The molecule has 1 heterocycles. The Hall–Kier alpha value is -2.28. The highest BCUT2D eigenvalue weighted by Gasteiger charge is 2.18. The van der Waals surface area contributed by atoms with Gasteiger partial charge < -0.3 is 5.32 Å². The van der Waals surface area contributed by atoms with Crippen LogP contribution in [0.3, 0.4) is 0 Å². The highest BCUT2D eigenvalue weighted by molar-refractivity contribution is 7.15. The quantitative estimate of drug-likeness (QED) is 0.855. The number of carbonyl (C=O) groups excluding carboxylic acids is 2. The van der Waals surface area contributed by atoms with Crippen LogP contribution >= 0.6 is 11.3 Å². The second-order valence-electron chi connectivity index (χ2n) is 4.80. The first-order chi connectivity index (χ1) is 10.6. The second kappa shape index (κ2) is 7.65. The van der Waals surface area contributed by atoms with Gasteiger partial charge in [0.15, 0.2) is 0 Å². The first-order valence-corrected chi connectivity index (χ1v) is 7.91. The fourth-order valence-electron chi connectivity index (χ4n) is 1.77. The van der Waals surface area contributed by atoms with E-state index in [-0.39, 0.29) is 11.8 Å². The van der Waals surface area contributed by atoms with Gasteiger partial charge in [-0.3, -0.25) is 14.9 Å². The van der Waals surface area contributed by atoms with Crippen molar-refractivity contribution in [2.75, 3.05) is 5.32 Å². The molecule has 0 saturated heterocycles. The topological polar surface area (TPSA) is 84.0 Å². The summed E-state index contributed by atoms with van der Waals surface area (Å²) < 4.78 is 0. The highest BCUT2D eigenvalue weighted by atomic mass is 32.1. The molecule has 0 saturated carbocycles. The number of benzene rings is 1. The maximum Gasteiger partial charge on any atom is 0.251 e. The van der Waals surface area contributed by atoms with E-state index >= 15 is 0 Å². The number of hydrogen-bond donors (Lipinski definition) is 2. The van der Waals surface area contributed by atoms with Gasteiger partial charge >= 0.3 is 0 Å². The second-order valence-corrected chi connectivity index (χ2v) is 5.86. The molecule has 2 amide bonds. The van der Waals surface area contributed by atoms with Crippen molar-refractivity contribution in [1.29, 1.82) is 0 Å². The maximum atomic E-state index is 12.1. The number of amides is 2. The summed E-state index contributed by atoms with van der Waals surface area (Å²) in [6.45, 7) is 3.69. The molecule has 2 N–H and O–H groups in total. The number of nitrogens with zero attached hydrogens (tertiary/aromatic N) is 2. The van der Waals surface area contributed by atoms with Gasteiger partial charge in [0.25, 0.3) is 5.91 Å². The molecule has 1 aromatic carbocycles. The minimum absolute atomic E-state index is 0.285. The van der Waals surface area contributed by atoms with Gasteiger partial charge in [-0.2, -0.15) is 0 Å². The van der Waals surface area contributed by atoms with Gasteiger partial charge in [-0.15, -0.1) is 10.2 Å². The van der Waals surface area contributed by atoms with Crippen LogP contribution in [0.2, 0.25) is 0 Å². The van der Waals surface area contributed by atoms with Gasteiger partial charge in [-0.25, -0.2) is 0 Å². The van der Waals surface area contributed by atoms with Crippen LogP contribution in [0, 0.1) is 0 Å². The Morgan fingerprint density at radius 1 is 1.23 bits per heavy atom. The number of hydrogen-bond acceptors (Lipinski definition) is 5. The molecule has 0 aliphatic heterocycles. The molecule has 7 heteroatoms. The van der Waals surface area contributed by atoms with E-state index < -0.39 is 6.04 Å². The Morgan fingerprint density at radius 2 is 1.95 bits per heavy atom. The zero-order valence-corrected chi connectivity index (χ0v) is 13.3. The van der Waals surface area contributed by atoms with Crippen LogP contribution < -0.4 is 10.6 Å². The number of aryl methyl sites for hydroxylation is 1. The maximum absolute atomic E-state index is 12.1. The van der Waals surface area contributed by atoms with Crippen molar-refractivity contribution in [3.8, 4) is 0 Å². The number of aromatic nitrogens is 2. The van der Waals surface area contributed by atoms with E-state index in [4.69, 9.17) is 0 Å². The van der Waals surface area contributed by atoms with Crippen molar-refractivity contribution >= 4 is 28.3 Å². The van der Waals surface area contributed by atoms with Gasteiger partial charge in [0.1, 0.15) is 11.0 Å². The van der Waals surface area contributed by atoms with Crippen LogP contribution in [0.15, 0.2) is 30.3 Å². The molecule has 6 nitrogen and oxygen atoms in total. The van der Waals surface area contributed by atoms with Crippen molar-refractivity contribution in [3.63, 3.8) is 0 Å². The van der Waals surface area contributed by atoms with Gasteiger partial charge in [0.2, 0.25) is 11.0 Å². The molecule has 0 radical (unpaired) electrons. The SMILES string of the molecule is CCCc1nnc(NC(=O)C(C)NC(=O)c2ccccc2)s1.